The smallest absolute Gasteiger partial charge is 0.137 e. The third kappa shape index (κ3) is 5.16. The average Bonchev–Trinajstić information content (AvgIpc) is 3.42. The summed E-state index contributed by atoms with van der Waals surface area (Å²) in [4.78, 5) is 3.84. The van der Waals surface area contributed by atoms with Crippen molar-refractivity contribution in [2.24, 2.45) is 0 Å². The van der Waals surface area contributed by atoms with E-state index in [4.69, 9.17) is 11.6 Å². The van der Waals surface area contributed by atoms with Gasteiger partial charge in [0.1, 0.15) is 29.9 Å². The van der Waals surface area contributed by atoms with Gasteiger partial charge in [0.05, 0.1) is 25.0 Å². The van der Waals surface area contributed by atoms with Crippen molar-refractivity contribution in [3.8, 4) is 0 Å². The van der Waals surface area contributed by atoms with Crippen molar-refractivity contribution in [2.75, 3.05) is 6.54 Å². The molecule has 0 bridgehead atoms. The molecule has 4 rings (SSSR count). The molecule has 4 aromatic rings. The van der Waals surface area contributed by atoms with Gasteiger partial charge in [-0.1, -0.05) is 41.1 Å². The predicted octanol–water partition coefficient (Wildman–Crippen LogP) is 2.53. The summed E-state index contributed by atoms with van der Waals surface area (Å²) in [5, 5.41) is 27.2. The van der Waals surface area contributed by atoms with E-state index in [1.54, 1.807) is 16.9 Å². The maximum atomic E-state index is 14.5. The third-order valence-electron chi connectivity index (χ3n) is 4.92. The number of hydrogen-bond acceptors (Lipinski definition) is 6. The summed E-state index contributed by atoms with van der Waals surface area (Å²) in [5.74, 6) is -1.57. The van der Waals surface area contributed by atoms with Gasteiger partial charge in [-0.25, -0.2) is 23.1 Å². The van der Waals surface area contributed by atoms with Gasteiger partial charge in [-0.15, -0.1) is 5.10 Å². The average molecular weight is 460 g/mol. The van der Waals surface area contributed by atoms with Crippen LogP contribution in [0.1, 0.15) is 16.8 Å². The lowest BCUT2D eigenvalue weighted by Gasteiger charge is -2.29. The van der Waals surface area contributed by atoms with Crippen molar-refractivity contribution in [1.82, 2.24) is 35.1 Å². The second-order valence-electron chi connectivity index (χ2n) is 7.35. The predicted molar refractivity (Wildman–Crippen MR) is 113 cm³/mol. The second kappa shape index (κ2) is 9.51. The Kier molecular flexibility index (Phi) is 6.54. The largest absolute Gasteiger partial charge is 0.382 e. The number of rotatable bonds is 9. The highest BCUT2D eigenvalue weighted by Crippen LogP contribution is 2.26. The molecular weight excluding hydrogens is 440 g/mol. The number of benzene rings is 2. The fraction of sp³-hybridized carbons (Fsp3) is 0.238. The van der Waals surface area contributed by atoms with Gasteiger partial charge in [-0.05, 0) is 17.7 Å². The van der Waals surface area contributed by atoms with Crippen molar-refractivity contribution in [1.29, 1.82) is 0 Å². The van der Waals surface area contributed by atoms with Crippen LogP contribution in [0.15, 0.2) is 61.3 Å². The van der Waals surface area contributed by atoms with E-state index < -0.39 is 17.2 Å². The Bertz CT molecular complexity index is 1180. The quantitative estimate of drug-likeness (QED) is 0.399. The summed E-state index contributed by atoms with van der Waals surface area (Å²) in [5.41, 5.74) is -0.226. The lowest BCUT2D eigenvalue weighted by molar-refractivity contribution is 0.0117. The van der Waals surface area contributed by atoms with Crippen molar-refractivity contribution in [2.45, 2.75) is 25.2 Å². The zero-order chi connectivity index (χ0) is 22.6. The van der Waals surface area contributed by atoms with E-state index in [-0.39, 0.29) is 25.2 Å². The topological polar surface area (TPSA) is 93.7 Å². The highest BCUT2D eigenvalue weighted by atomic mass is 35.5. The van der Waals surface area contributed by atoms with E-state index in [2.05, 4.69) is 25.7 Å². The number of aromatic nitrogens is 6. The molecule has 0 saturated carbocycles. The van der Waals surface area contributed by atoms with Crippen LogP contribution in [0, 0.1) is 11.6 Å². The molecule has 1 unspecified atom stereocenters. The maximum absolute atomic E-state index is 14.5. The number of nitrogens with one attached hydrogen (secondary N) is 1. The summed E-state index contributed by atoms with van der Waals surface area (Å²) in [6.07, 6.45) is 4.48. The van der Waals surface area contributed by atoms with Gasteiger partial charge in [-0.3, -0.25) is 0 Å². The standard InChI is InChI=1S/C21H20ClF2N7O/c22-19-4-2-1-3-15(19)9-30-10-17(28-29-30)8-25-11-21(32,12-31-14-26-13-27-31)18-6-5-16(23)7-20(18)24/h1-7,10,13-14,25,32H,8-9,11-12H2. The van der Waals surface area contributed by atoms with Crippen LogP contribution in [-0.4, -0.2) is 41.4 Å². The van der Waals surface area contributed by atoms with Crippen LogP contribution in [0.4, 0.5) is 8.78 Å². The molecule has 0 spiro atoms. The van der Waals surface area contributed by atoms with Crippen molar-refractivity contribution < 1.29 is 13.9 Å². The highest BCUT2D eigenvalue weighted by Gasteiger charge is 2.33. The molecule has 11 heteroatoms. The van der Waals surface area contributed by atoms with Gasteiger partial charge in [0.2, 0.25) is 0 Å². The number of aliphatic hydroxyl groups is 1. The molecule has 2 aromatic carbocycles. The summed E-state index contributed by atoms with van der Waals surface area (Å²) in [6, 6.07) is 10.5. The Hall–Kier alpha value is -3.21. The van der Waals surface area contributed by atoms with Crippen molar-refractivity contribution in [3.63, 3.8) is 0 Å². The van der Waals surface area contributed by atoms with Gasteiger partial charge in [-0.2, -0.15) is 5.10 Å². The van der Waals surface area contributed by atoms with E-state index in [1.165, 1.54) is 23.4 Å². The molecule has 0 aliphatic rings. The molecule has 1 atom stereocenters. The van der Waals surface area contributed by atoms with Crippen LogP contribution in [0.5, 0.6) is 0 Å². The molecule has 8 nitrogen and oxygen atoms in total. The minimum atomic E-state index is -1.71. The summed E-state index contributed by atoms with van der Waals surface area (Å²) >= 11 is 6.19. The van der Waals surface area contributed by atoms with Crippen LogP contribution in [0.3, 0.4) is 0 Å². The molecule has 0 saturated heterocycles. The molecule has 0 aliphatic heterocycles. The zero-order valence-corrected chi connectivity index (χ0v) is 17.6. The second-order valence-corrected chi connectivity index (χ2v) is 7.76. The van der Waals surface area contributed by atoms with Crippen LogP contribution in [0.2, 0.25) is 5.02 Å². The zero-order valence-electron chi connectivity index (χ0n) is 16.9. The first-order valence-electron chi connectivity index (χ1n) is 9.76. The number of hydrogen-bond donors (Lipinski definition) is 2. The molecule has 166 valence electrons. The molecule has 2 aromatic heterocycles. The molecule has 0 fully saturated rings. The van der Waals surface area contributed by atoms with Crippen LogP contribution in [-0.2, 0) is 25.2 Å². The van der Waals surface area contributed by atoms with Gasteiger partial charge >= 0.3 is 0 Å². The molecule has 2 heterocycles. The van der Waals surface area contributed by atoms with Gasteiger partial charge in [0.25, 0.3) is 0 Å². The Balaban J connectivity index is 1.45. The molecule has 2 N–H and O–H groups in total. The van der Waals surface area contributed by atoms with Crippen LogP contribution in [0.25, 0.3) is 0 Å². The third-order valence-corrected chi connectivity index (χ3v) is 5.29. The first-order valence-corrected chi connectivity index (χ1v) is 10.1. The fourth-order valence-corrected chi connectivity index (χ4v) is 3.58. The lowest BCUT2D eigenvalue weighted by atomic mass is 9.92. The van der Waals surface area contributed by atoms with E-state index in [9.17, 15) is 13.9 Å². The van der Waals surface area contributed by atoms with E-state index >= 15 is 0 Å². The summed E-state index contributed by atoms with van der Waals surface area (Å²) in [6.45, 7) is 0.600. The first kappa shape index (κ1) is 22.0. The van der Waals surface area contributed by atoms with Crippen molar-refractivity contribution >= 4 is 11.6 Å². The summed E-state index contributed by atoms with van der Waals surface area (Å²) < 4.78 is 30.9. The fourth-order valence-electron chi connectivity index (χ4n) is 3.38. The first-order chi connectivity index (χ1) is 15.4. The van der Waals surface area contributed by atoms with Crippen LogP contribution < -0.4 is 5.32 Å². The van der Waals surface area contributed by atoms with E-state index in [0.29, 0.717) is 17.3 Å². The highest BCUT2D eigenvalue weighted by molar-refractivity contribution is 6.31. The summed E-state index contributed by atoms with van der Waals surface area (Å²) in [7, 11) is 0. The Morgan fingerprint density at radius 3 is 2.72 bits per heavy atom. The molecular formula is C21H20ClF2N7O. The molecule has 32 heavy (non-hydrogen) atoms. The normalized spacial score (nSPS) is 13.2. The monoisotopic (exact) mass is 459 g/mol. The van der Waals surface area contributed by atoms with Gasteiger partial charge < -0.3 is 10.4 Å². The minimum Gasteiger partial charge on any atom is -0.382 e. The number of nitrogens with zero attached hydrogens (tertiary/aromatic N) is 6. The molecule has 0 radical (unpaired) electrons. The van der Waals surface area contributed by atoms with E-state index in [0.717, 1.165) is 17.7 Å². The van der Waals surface area contributed by atoms with Crippen LogP contribution >= 0.6 is 11.6 Å². The number of halogens is 3. The van der Waals surface area contributed by atoms with Gasteiger partial charge in [0, 0.05) is 29.7 Å². The van der Waals surface area contributed by atoms with Gasteiger partial charge in [0.15, 0.2) is 0 Å². The Labute approximate surface area is 187 Å². The van der Waals surface area contributed by atoms with Crippen molar-refractivity contribution in [3.05, 3.63) is 94.8 Å². The maximum Gasteiger partial charge on any atom is 0.137 e. The minimum absolute atomic E-state index is 0.0488. The Morgan fingerprint density at radius 1 is 1.12 bits per heavy atom. The molecule has 0 amide bonds. The Morgan fingerprint density at radius 2 is 1.97 bits per heavy atom. The van der Waals surface area contributed by atoms with E-state index in [1.807, 2.05) is 18.2 Å². The molecule has 0 aliphatic carbocycles. The SMILES string of the molecule is OC(CNCc1cn(Cc2ccccc2Cl)nn1)(Cn1cncn1)c1ccc(F)cc1F. The lowest BCUT2D eigenvalue weighted by Crippen LogP contribution is -2.42.